The number of hydrogen-bond donors (Lipinski definition) is 0. The second-order valence-electron chi connectivity index (χ2n) is 1.32. The summed E-state index contributed by atoms with van der Waals surface area (Å²) in [6, 6.07) is 0. The molecule has 0 fully saturated rings. The van der Waals surface area contributed by atoms with Crippen molar-refractivity contribution < 1.29 is 4.92 Å². The second-order valence-corrected chi connectivity index (χ2v) is 3.92. The zero-order valence-electron chi connectivity index (χ0n) is 4.38. The van der Waals surface area contributed by atoms with Crippen molar-refractivity contribution in [3.8, 4) is 0 Å². The van der Waals surface area contributed by atoms with E-state index in [4.69, 9.17) is 11.6 Å². The molecule has 1 rings (SSSR count). The molecule has 1 aromatic heterocycles. The SMILES string of the molecule is O=[N+]([O-])c1nc(I)c(Cl)s1. The molecule has 0 atom stereocenters. The minimum absolute atomic E-state index is 0.158. The average molecular weight is 290 g/mol. The van der Waals surface area contributed by atoms with Crippen LogP contribution < -0.4 is 0 Å². The number of rotatable bonds is 1. The van der Waals surface area contributed by atoms with Gasteiger partial charge < -0.3 is 10.1 Å². The molecule has 0 spiro atoms. The average Bonchev–Trinajstić information content (AvgIpc) is 2.13. The summed E-state index contributed by atoms with van der Waals surface area (Å²) in [6.45, 7) is 0. The Balaban J connectivity index is 3.10. The molecular weight excluding hydrogens is 290 g/mol. The summed E-state index contributed by atoms with van der Waals surface area (Å²) in [6.07, 6.45) is 0. The Hall–Kier alpha value is 0.0500. The van der Waals surface area contributed by atoms with E-state index in [-0.39, 0.29) is 5.13 Å². The Labute approximate surface area is 78.5 Å². The summed E-state index contributed by atoms with van der Waals surface area (Å²) < 4.78 is 0.850. The molecule has 0 amide bonds. The third-order valence-corrected chi connectivity index (χ3v) is 3.36. The molecule has 0 saturated heterocycles. The maximum absolute atomic E-state index is 10.1. The van der Waals surface area contributed by atoms with Crippen LogP contribution in [0.5, 0.6) is 0 Å². The lowest BCUT2D eigenvalue weighted by molar-refractivity contribution is -0.384. The smallest absolute Gasteiger partial charge is 0.357 e. The van der Waals surface area contributed by atoms with Crippen LogP contribution >= 0.6 is 45.5 Å². The first-order valence-corrected chi connectivity index (χ1v) is 4.35. The van der Waals surface area contributed by atoms with Gasteiger partial charge in [-0.1, -0.05) is 11.6 Å². The summed E-state index contributed by atoms with van der Waals surface area (Å²) in [5, 5.41) is 9.90. The molecule has 1 heterocycles. The number of aromatic nitrogens is 1. The van der Waals surface area contributed by atoms with Gasteiger partial charge in [0.25, 0.3) is 0 Å². The Morgan fingerprint density at radius 3 is 2.60 bits per heavy atom. The van der Waals surface area contributed by atoms with Gasteiger partial charge >= 0.3 is 5.13 Å². The van der Waals surface area contributed by atoms with Crippen molar-refractivity contribution in [3.05, 3.63) is 18.2 Å². The predicted molar refractivity (Wildman–Crippen MR) is 46.5 cm³/mol. The van der Waals surface area contributed by atoms with Gasteiger partial charge in [-0.3, -0.25) is 0 Å². The molecule has 1 aromatic rings. The monoisotopic (exact) mass is 290 g/mol. The van der Waals surface area contributed by atoms with Crippen LogP contribution in [-0.4, -0.2) is 9.91 Å². The van der Waals surface area contributed by atoms with Crippen molar-refractivity contribution in [1.82, 2.24) is 4.98 Å². The molecule has 0 aliphatic carbocycles. The topological polar surface area (TPSA) is 56.0 Å². The molecule has 0 unspecified atom stereocenters. The third kappa shape index (κ3) is 1.55. The van der Waals surface area contributed by atoms with Crippen LogP contribution in [0.25, 0.3) is 0 Å². The van der Waals surface area contributed by atoms with Crippen LogP contribution in [0, 0.1) is 13.8 Å². The van der Waals surface area contributed by atoms with Gasteiger partial charge in [-0.2, -0.15) is 0 Å². The van der Waals surface area contributed by atoms with Crippen LogP contribution in [0.15, 0.2) is 0 Å². The number of halogens is 2. The minimum Gasteiger partial charge on any atom is -0.357 e. The number of thiazole rings is 1. The molecule has 0 aliphatic rings. The molecule has 0 bridgehead atoms. The van der Waals surface area contributed by atoms with Crippen LogP contribution in [0.3, 0.4) is 0 Å². The summed E-state index contributed by atoms with van der Waals surface area (Å²) in [4.78, 5) is 13.1. The van der Waals surface area contributed by atoms with Crippen molar-refractivity contribution in [1.29, 1.82) is 0 Å². The fraction of sp³-hybridized carbons (Fsp3) is 0. The maximum Gasteiger partial charge on any atom is 0.425 e. The minimum atomic E-state index is -0.557. The van der Waals surface area contributed by atoms with Gasteiger partial charge in [0.15, 0.2) is 4.34 Å². The number of hydrogen-bond acceptors (Lipinski definition) is 4. The van der Waals surface area contributed by atoms with Gasteiger partial charge in [0.2, 0.25) is 3.70 Å². The Morgan fingerprint density at radius 1 is 1.80 bits per heavy atom. The third-order valence-electron chi connectivity index (χ3n) is 0.693. The lowest BCUT2D eigenvalue weighted by atomic mass is 11.0. The van der Waals surface area contributed by atoms with Crippen molar-refractivity contribution in [2.75, 3.05) is 0 Å². The fourth-order valence-corrected chi connectivity index (χ4v) is 1.82. The summed E-state index contributed by atoms with van der Waals surface area (Å²) in [7, 11) is 0. The van der Waals surface area contributed by atoms with E-state index < -0.39 is 4.92 Å². The first-order chi connectivity index (χ1) is 4.61. The first-order valence-electron chi connectivity index (χ1n) is 2.07. The molecule has 0 saturated carbocycles. The molecular formula is C3ClIN2O2S. The summed E-state index contributed by atoms with van der Waals surface area (Å²) in [5.41, 5.74) is 0. The number of nitrogens with zero attached hydrogens (tertiary/aromatic N) is 2. The van der Waals surface area contributed by atoms with E-state index in [0.29, 0.717) is 8.04 Å². The molecule has 0 aliphatic heterocycles. The number of nitro groups is 1. The first kappa shape index (κ1) is 8.15. The van der Waals surface area contributed by atoms with Crippen LogP contribution in [0.1, 0.15) is 0 Å². The molecule has 0 radical (unpaired) electrons. The van der Waals surface area contributed by atoms with Gasteiger partial charge in [-0.15, -0.1) is 0 Å². The van der Waals surface area contributed by atoms with Crippen molar-refractivity contribution in [2.45, 2.75) is 0 Å². The van der Waals surface area contributed by atoms with Crippen molar-refractivity contribution in [3.63, 3.8) is 0 Å². The standard InChI is InChI=1S/C3ClIN2O2S/c4-1-2(5)6-3(10-1)7(8)9. The van der Waals surface area contributed by atoms with E-state index >= 15 is 0 Å². The highest BCUT2D eigenvalue weighted by Gasteiger charge is 2.17. The van der Waals surface area contributed by atoms with Crippen LogP contribution in [0.4, 0.5) is 5.13 Å². The lowest BCUT2D eigenvalue weighted by Crippen LogP contribution is -1.85. The van der Waals surface area contributed by atoms with Crippen LogP contribution in [0.2, 0.25) is 4.34 Å². The van der Waals surface area contributed by atoms with Crippen LogP contribution in [-0.2, 0) is 0 Å². The van der Waals surface area contributed by atoms with Gasteiger partial charge in [-0.25, -0.2) is 0 Å². The Morgan fingerprint density at radius 2 is 2.40 bits per heavy atom. The van der Waals surface area contributed by atoms with E-state index in [0.717, 1.165) is 11.3 Å². The molecule has 54 valence electrons. The fourth-order valence-electron chi connectivity index (χ4n) is 0.351. The zero-order chi connectivity index (χ0) is 7.72. The highest BCUT2D eigenvalue weighted by molar-refractivity contribution is 14.1. The van der Waals surface area contributed by atoms with Crippen molar-refractivity contribution in [2.24, 2.45) is 0 Å². The largest absolute Gasteiger partial charge is 0.425 e. The Bertz CT molecular complexity index is 256. The summed E-state index contributed by atoms with van der Waals surface area (Å²) in [5.74, 6) is 0. The molecule has 7 heteroatoms. The predicted octanol–water partition coefficient (Wildman–Crippen LogP) is 2.31. The zero-order valence-corrected chi connectivity index (χ0v) is 8.11. The van der Waals surface area contributed by atoms with Gasteiger partial charge in [0.1, 0.15) is 0 Å². The van der Waals surface area contributed by atoms with Gasteiger partial charge in [0, 0.05) is 22.6 Å². The maximum atomic E-state index is 10.1. The van der Waals surface area contributed by atoms with Gasteiger partial charge in [-0.05, 0) is 21.2 Å². The quantitative estimate of drug-likeness (QED) is 0.453. The molecule has 0 aromatic carbocycles. The molecule has 10 heavy (non-hydrogen) atoms. The van der Waals surface area contributed by atoms with E-state index in [2.05, 4.69) is 4.98 Å². The molecule has 0 N–H and O–H groups in total. The summed E-state index contributed by atoms with van der Waals surface area (Å²) >= 11 is 8.23. The Kier molecular flexibility index (Phi) is 2.42. The highest BCUT2D eigenvalue weighted by Crippen LogP contribution is 2.29. The van der Waals surface area contributed by atoms with Crippen molar-refractivity contribution >= 4 is 50.7 Å². The lowest BCUT2D eigenvalue weighted by Gasteiger charge is -1.80. The van der Waals surface area contributed by atoms with E-state index in [9.17, 15) is 10.1 Å². The van der Waals surface area contributed by atoms with Gasteiger partial charge in [0.05, 0.1) is 0 Å². The highest BCUT2D eigenvalue weighted by atomic mass is 127. The normalized spacial score (nSPS) is 9.80. The van der Waals surface area contributed by atoms with E-state index in [1.807, 2.05) is 22.6 Å². The second kappa shape index (κ2) is 2.97. The molecule has 4 nitrogen and oxygen atoms in total. The van der Waals surface area contributed by atoms with E-state index in [1.54, 1.807) is 0 Å². The van der Waals surface area contributed by atoms with E-state index in [1.165, 1.54) is 0 Å².